The standard InChI is InChI=1S/C14H21N/c1-10-9-13-7-5-6-8-14(13)15(4)12(3)11(10)2/h5-8,10-12H,9H2,1-4H3. The second-order valence-corrected chi connectivity index (χ2v) is 5.02. The zero-order valence-corrected chi connectivity index (χ0v) is 10.2. The molecule has 0 saturated carbocycles. The minimum Gasteiger partial charge on any atom is -0.371 e. The molecule has 0 fully saturated rings. The molecule has 2 rings (SSSR count). The largest absolute Gasteiger partial charge is 0.371 e. The number of para-hydroxylation sites is 1. The summed E-state index contributed by atoms with van der Waals surface area (Å²) in [7, 11) is 2.22. The van der Waals surface area contributed by atoms with E-state index in [2.05, 4.69) is 57.0 Å². The lowest BCUT2D eigenvalue weighted by Crippen LogP contribution is -2.35. The second kappa shape index (κ2) is 3.88. The van der Waals surface area contributed by atoms with Crippen molar-refractivity contribution in [3.05, 3.63) is 29.8 Å². The van der Waals surface area contributed by atoms with Crippen molar-refractivity contribution in [2.75, 3.05) is 11.9 Å². The van der Waals surface area contributed by atoms with Gasteiger partial charge in [-0.15, -0.1) is 0 Å². The van der Waals surface area contributed by atoms with Crippen LogP contribution in [-0.2, 0) is 6.42 Å². The van der Waals surface area contributed by atoms with E-state index >= 15 is 0 Å². The van der Waals surface area contributed by atoms with Crippen LogP contribution in [0.3, 0.4) is 0 Å². The summed E-state index contributed by atoms with van der Waals surface area (Å²) in [6, 6.07) is 9.44. The molecule has 15 heavy (non-hydrogen) atoms. The van der Waals surface area contributed by atoms with Crippen LogP contribution in [0.1, 0.15) is 26.3 Å². The SMILES string of the molecule is CC1Cc2ccccc2N(C)C(C)C1C. The lowest BCUT2D eigenvalue weighted by Gasteiger charge is -2.31. The van der Waals surface area contributed by atoms with Crippen LogP contribution in [0.5, 0.6) is 0 Å². The van der Waals surface area contributed by atoms with Gasteiger partial charge in [0.1, 0.15) is 0 Å². The Morgan fingerprint density at radius 3 is 2.53 bits per heavy atom. The smallest absolute Gasteiger partial charge is 0.0398 e. The highest BCUT2D eigenvalue weighted by molar-refractivity contribution is 5.54. The van der Waals surface area contributed by atoms with E-state index < -0.39 is 0 Å². The molecule has 0 N–H and O–H groups in total. The molecule has 0 aromatic heterocycles. The van der Waals surface area contributed by atoms with Gasteiger partial charge < -0.3 is 4.90 Å². The Hall–Kier alpha value is -0.980. The van der Waals surface area contributed by atoms with E-state index in [0.717, 1.165) is 11.8 Å². The van der Waals surface area contributed by atoms with Crippen molar-refractivity contribution >= 4 is 5.69 Å². The predicted octanol–water partition coefficient (Wildman–Crippen LogP) is 3.34. The third kappa shape index (κ3) is 1.75. The van der Waals surface area contributed by atoms with Crippen molar-refractivity contribution in [2.24, 2.45) is 11.8 Å². The highest BCUT2D eigenvalue weighted by atomic mass is 15.1. The Morgan fingerprint density at radius 1 is 1.13 bits per heavy atom. The zero-order chi connectivity index (χ0) is 11.0. The van der Waals surface area contributed by atoms with Crippen molar-refractivity contribution in [1.82, 2.24) is 0 Å². The van der Waals surface area contributed by atoms with Gasteiger partial charge in [0, 0.05) is 18.8 Å². The van der Waals surface area contributed by atoms with Gasteiger partial charge in [-0.1, -0.05) is 32.0 Å². The monoisotopic (exact) mass is 203 g/mol. The fourth-order valence-electron chi connectivity index (χ4n) is 2.61. The highest BCUT2D eigenvalue weighted by Crippen LogP contribution is 2.33. The molecule has 0 radical (unpaired) electrons. The van der Waals surface area contributed by atoms with Crippen LogP contribution in [-0.4, -0.2) is 13.1 Å². The topological polar surface area (TPSA) is 3.24 Å². The molecule has 82 valence electrons. The summed E-state index contributed by atoms with van der Waals surface area (Å²) in [6.45, 7) is 7.08. The van der Waals surface area contributed by atoms with Crippen LogP contribution in [0.4, 0.5) is 5.69 Å². The molecule has 0 saturated heterocycles. The van der Waals surface area contributed by atoms with E-state index in [0.29, 0.717) is 6.04 Å². The van der Waals surface area contributed by atoms with Crippen molar-refractivity contribution < 1.29 is 0 Å². The molecule has 1 aliphatic rings. The average molecular weight is 203 g/mol. The normalized spacial score (nSPS) is 30.9. The lowest BCUT2D eigenvalue weighted by molar-refractivity contribution is 0.340. The molecule has 0 amide bonds. The fourth-order valence-corrected chi connectivity index (χ4v) is 2.61. The maximum absolute atomic E-state index is 2.43. The quantitative estimate of drug-likeness (QED) is 0.625. The van der Waals surface area contributed by atoms with E-state index in [-0.39, 0.29) is 0 Å². The van der Waals surface area contributed by atoms with Gasteiger partial charge in [-0.05, 0) is 36.8 Å². The Labute approximate surface area is 93.1 Å². The maximum atomic E-state index is 2.43. The number of anilines is 1. The van der Waals surface area contributed by atoms with Crippen LogP contribution in [0.25, 0.3) is 0 Å². The maximum Gasteiger partial charge on any atom is 0.0398 e. The Kier molecular flexibility index (Phi) is 2.72. The van der Waals surface area contributed by atoms with Gasteiger partial charge in [0.25, 0.3) is 0 Å². The van der Waals surface area contributed by atoms with Gasteiger partial charge in [0.05, 0.1) is 0 Å². The molecule has 0 aliphatic carbocycles. The number of hydrogen-bond acceptors (Lipinski definition) is 1. The lowest BCUT2D eigenvalue weighted by atomic mass is 9.87. The molecule has 1 aromatic rings. The number of rotatable bonds is 0. The Balaban J connectivity index is 2.44. The first-order chi connectivity index (χ1) is 7.11. The fraction of sp³-hybridized carbons (Fsp3) is 0.571. The molecule has 0 bridgehead atoms. The summed E-state index contributed by atoms with van der Waals surface area (Å²) in [5.41, 5.74) is 2.92. The third-order valence-corrected chi connectivity index (χ3v) is 4.18. The van der Waals surface area contributed by atoms with E-state index in [4.69, 9.17) is 0 Å². The average Bonchev–Trinajstić information content (AvgIpc) is 2.32. The van der Waals surface area contributed by atoms with Gasteiger partial charge in [0.15, 0.2) is 0 Å². The van der Waals surface area contributed by atoms with Crippen LogP contribution in [0.15, 0.2) is 24.3 Å². The van der Waals surface area contributed by atoms with Gasteiger partial charge in [-0.25, -0.2) is 0 Å². The summed E-state index contributed by atoms with van der Waals surface area (Å²) in [5, 5.41) is 0. The molecule has 1 aliphatic heterocycles. The molecule has 3 atom stereocenters. The van der Waals surface area contributed by atoms with Crippen molar-refractivity contribution in [3.63, 3.8) is 0 Å². The first kappa shape index (κ1) is 10.5. The first-order valence-electron chi connectivity index (χ1n) is 5.92. The molecular formula is C14H21N. The van der Waals surface area contributed by atoms with Gasteiger partial charge >= 0.3 is 0 Å². The van der Waals surface area contributed by atoms with E-state index in [1.165, 1.54) is 17.7 Å². The van der Waals surface area contributed by atoms with E-state index in [1.54, 1.807) is 0 Å². The molecule has 0 spiro atoms. The summed E-state index contributed by atoms with van der Waals surface area (Å²) < 4.78 is 0. The van der Waals surface area contributed by atoms with Gasteiger partial charge in [-0.3, -0.25) is 0 Å². The zero-order valence-electron chi connectivity index (χ0n) is 10.2. The number of benzene rings is 1. The van der Waals surface area contributed by atoms with Gasteiger partial charge in [-0.2, -0.15) is 0 Å². The minimum absolute atomic E-state index is 0.628. The minimum atomic E-state index is 0.628. The van der Waals surface area contributed by atoms with Crippen molar-refractivity contribution in [3.8, 4) is 0 Å². The number of nitrogens with zero attached hydrogens (tertiary/aromatic N) is 1. The molecule has 1 heteroatoms. The van der Waals surface area contributed by atoms with Crippen LogP contribution < -0.4 is 4.90 Å². The number of fused-ring (bicyclic) bond motifs is 1. The third-order valence-electron chi connectivity index (χ3n) is 4.18. The van der Waals surface area contributed by atoms with Crippen LogP contribution in [0.2, 0.25) is 0 Å². The Bertz CT molecular complexity index is 345. The second-order valence-electron chi connectivity index (χ2n) is 5.02. The van der Waals surface area contributed by atoms with Crippen LogP contribution >= 0.6 is 0 Å². The van der Waals surface area contributed by atoms with E-state index in [1.807, 2.05) is 0 Å². The van der Waals surface area contributed by atoms with Crippen LogP contribution in [0, 0.1) is 11.8 Å². The molecule has 1 nitrogen and oxygen atoms in total. The summed E-state index contributed by atoms with van der Waals surface area (Å²) in [5.74, 6) is 1.52. The summed E-state index contributed by atoms with van der Waals surface area (Å²) in [6.07, 6.45) is 1.21. The summed E-state index contributed by atoms with van der Waals surface area (Å²) >= 11 is 0. The predicted molar refractivity (Wildman–Crippen MR) is 66.3 cm³/mol. The number of hydrogen-bond donors (Lipinski definition) is 0. The Morgan fingerprint density at radius 2 is 1.80 bits per heavy atom. The summed E-state index contributed by atoms with van der Waals surface area (Å²) in [4.78, 5) is 2.43. The van der Waals surface area contributed by atoms with Crippen molar-refractivity contribution in [2.45, 2.75) is 33.2 Å². The molecule has 1 heterocycles. The molecule has 3 unspecified atom stereocenters. The van der Waals surface area contributed by atoms with Gasteiger partial charge in [0.2, 0.25) is 0 Å². The molecule has 1 aromatic carbocycles. The van der Waals surface area contributed by atoms with Crippen molar-refractivity contribution in [1.29, 1.82) is 0 Å². The first-order valence-corrected chi connectivity index (χ1v) is 5.92. The van der Waals surface area contributed by atoms with E-state index in [9.17, 15) is 0 Å². The highest BCUT2D eigenvalue weighted by Gasteiger charge is 2.27. The molecular weight excluding hydrogens is 182 g/mol.